The monoisotopic (exact) mass is 358 g/mol. The van der Waals surface area contributed by atoms with Gasteiger partial charge in [-0.3, -0.25) is 4.79 Å². The van der Waals surface area contributed by atoms with E-state index in [2.05, 4.69) is 25.9 Å². The molecule has 2 bridgehead atoms. The molecule has 1 saturated heterocycles. The molecule has 2 aliphatic rings. The van der Waals surface area contributed by atoms with E-state index in [-0.39, 0.29) is 16.7 Å². The lowest BCUT2D eigenvalue weighted by molar-refractivity contribution is 0.0698. The van der Waals surface area contributed by atoms with Crippen molar-refractivity contribution in [2.24, 2.45) is 10.8 Å². The number of halogens is 1. The van der Waals surface area contributed by atoms with Gasteiger partial charge in [-0.05, 0) is 42.2 Å². The van der Waals surface area contributed by atoms with Crippen molar-refractivity contribution in [2.75, 3.05) is 6.54 Å². The third-order valence-electron chi connectivity index (χ3n) is 5.51. The molecule has 0 spiro atoms. The largest absolute Gasteiger partial charge is 0.355 e. The zero-order valence-corrected chi connectivity index (χ0v) is 15.6. The van der Waals surface area contributed by atoms with E-state index in [1.807, 2.05) is 23.1 Å². The highest BCUT2D eigenvalue weighted by Crippen LogP contribution is 2.52. The molecule has 2 heterocycles. The van der Waals surface area contributed by atoms with Gasteiger partial charge in [0, 0.05) is 29.2 Å². The number of carbonyl (C=O) groups excluding carboxylic acids is 1. The third kappa shape index (κ3) is 3.08. The van der Waals surface area contributed by atoms with Gasteiger partial charge in [-0.1, -0.05) is 49.7 Å². The zero-order chi connectivity index (χ0) is 17.8. The lowest BCUT2D eigenvalue weighted by Gasteiger charge is -2.39. The summed E-state index contributed by atoms with van der Waals surface area (Å²) in [6, 6.07) is 9.39. The van der Waals surface area contributed by atoms with Crippen molar-refractivity contribution in [1.29, 1.82) is 0 Å². The Labute approximate surface area is 153 Å². The molecule has 132 valence electrons. The van der Waals surface area contributed by atoms with Crippen LogP contribution in [0.5, 0.6) is 0 Å². The van der Waals surface area contributed by atoms with Crippen LogP contribution < -0.4 is 0 Å². The molecule has 1 aliphatic heterocycles. The summed E-state index contributed by atoms with van der Waals surface area (Å²) in [5, 5.41) is 4.66. The van der Waals surface area contributed by atoms with Gasteiger partial charge in [0.05, 0.1) is 0 Å². The number of nitrogens with zero attached hydrogens (tertiary/aromatic N) is 2. The molecule has 2 atom stereocenters. The van der Waals surface area contributed by atoms with Crippen LogP contribution in [0.4, 0.5) is 0 Å². The Morgan fingerprint density at radius 3 is 2.84 bits per heavy atom. The first kappa shape index (κ1) is 16.6. The van der Waals surface area contributed by atoms with E-state index in [1.54, 1.807) is 12.1 Å². The van der Waals surface area contributed by atoms with Gasteiger partial charge >= 0.3 is 0 Å². The standard InChI is InChI=1S/C20H23ClN2O2/c1-19(2)9-15-10-20(3,11-19)12-23(15)18(24)16-8-17(25-22-16)13-5-4-6-14(21)7-13/h4-8,15H,9-12H2,1-3H3. The van der Waals surface area contributed by atoms with E-state index in [9.17, 15) is 4.79 Å². The molecular formula is C20H23ClN2O2. The molecule has 4 rings (SSSR count). The van der Waals surface area contributed by atoms with Crippen molar-refractivity contribution < 1.29 is 9.32 Å². The Bertz CT molecular complexity index is 829. The van der Waals surface area contributed by atoms with Gasteiger partial charge in [0.15, 0.2) is 11.5 Å². The van der Waals surface area contributed by atoms with Gasteiger partial charge in [-0.15, -0.1) is 0 Å². The lowest BCUT2D eigenvalue weighted by Crippen LogP contribution is -2.37. The van der Waals surface area contributed by atoms with Gasteiger partial charge in [0.25, 0.3) is 5.91 Å². The number of fused-ring (bicyclic) bond motifs is 2. The molecule has 2 unspecified atom stereocenters. The maximum atomic E-state index is 13.0. The molecule has 1 saturated carbocycles. The van der Waals surface area contributed by atoms with Crippen molar-refractivity contribution in [3.05, 3.63) is 41.0 Å². The smallest absolute Gasteiger partial charge is 0.276 e. The minimum absolute atomic E-state index is 0.0246. The van der Waals surface area contributed by atoms with E-state index in [0.717, 1.165) is 31.4 Å². The number of likely N-dealkylation sites (tertiary alicyclic amines) is 1. The normalized spacial score (nSPS) is 27.5. The predicted octanol–water partition coefficient (Wildman–Crippen LogP) is 5.04. The molecule has 1 aromatic heterocycles. The summed E-state index contributed by atoms with van der Waals surface area (Å²) in [6.45, 7) is 7.71. The Balaban J connectivity index is 1.58. The molecule has 1 aliphatic carbocycles. The highest BCUT2D eigenvalue weighted by atomic mass is 35.5. The summed E-state index contributed by atoms with van der Waals surface area (Å²) in [5.74, 6) is 0.544. The zero-order valence-electron chi connectivity index (χ0n) is 14.9. The van der Waals surface area contributed by atoms with Crippen molar-refractivity contribution in [2.45, 2.75) is 46.1 Å². The summed E-state index contributed by atoms with van der Waals surface area (Å²) < 4.78 is 5.41. The van der Waals surface area contributed by atoms with Crippen LogP contribution >= 0.6 is 11.6 Å². The van der Waals surface area contributed by atoms with Gasteiger partial charge in [0.1, 0.15) is 0 Å². The molecular weight excluding hydrogens is 336 g/mol. The fourth-order valence-electron chi connectivity index (χ4n) is 5.00. The Morgan fingerprint density at radius 2 is 2.08 bits per heavy atom. The second-order valence-corrected chi connectivity index (χ2v) is 9.17. The van der Waals surface area contributed by atoms with E-state index in [4.69, 9.17) is 16.1 Å². The van der Waals surface area contributed by atoms with Crippen molar-refractivity contribution in [1.82, 2.24) is 10.1 Å². The molecule has 1 amide bonds. The van der Waals surface area contributed by atoms with E-state index in [0.29, 0.717) is 22.5 Å². The van der Waals surface area contributed by atoms with Crippen molar-refractivity contribution >= 4 is 17.5 Å². The molecule has 0 N–H and O–H groups in total. The molecule has 0 radical (unpaired) electrons. The number of benzene rings is 1. The number of aromatic nitrogens is 1. The fraction of sp³-hybridized carbons (Fsp3) is 0.500. The van der Waals surface area contributed by atoms with Crippen LogP contribution in [0.1, 0.15) is 50.5 Å². The lowest BCUT2D eigenvalue weighted by atomic mass is 9.65. The van der Waals surface area contributed by atoms with Crippen LogP contribution in [0.2, 0.25) is 5.02 Å². The number of hydrogen-bond acceptors (Lipinski definition) is 3. The van der Waals surface area contributed by atoms with Crippen LogP contribution in [-0.2, 0) is 0 Å². The minimum Gasteiger partial charge on any atom is -0.355 e. The average Bonchev–Trinajstić information content (AvgIpc) is 3.08. The Morgan fingerprint density at radius 1 is 1.28 bits per heavy atom. The average molecular weight is 359 g/mol. The van der Waals surface area contributed by atoms with Gasteiger partial charge < -0.3 is 9.42 Å². The summed E-state index contributed by atoms with van der Waals surface area (Å²) in [5.41, 5.74) is 1.69. The first-order valence-electron chi connectivity index (χ1n) is 8.78. The maximum absolute atomic E-state index is 13.0. The maximum Gasteiger partial charge on any atom is 0.276 e. The van der Waals surface area contributed by atoms with Gasteiger partial charge in [-0.2, -0.15) is 0 Å². The highest BCUT2D eigenvalue weighted by molar-refractivity contribution is 6.30. The van der Waals surface area contributed by atoms with Crippen LogP contribution in [0, 0.1) is 10.8 Å². The van der Waals surface area contributed by atoms with Gasteiger partial charge in [-0.25, -0.2) is 0 Å². The molecule has 2 aromatic rings. The van der Waals surface area contributed by atoms with Crippen LogP contribution in [0.15, 0.2) is 34.9 Å². The first-order valence-corrected chi connectivity index (χ1v) is 9.16. The fourth-order valence-corrected chi connectivity index (χ4v) is 5.19. The van der Waals surface area contributed by atoms with E-state index in [1.165, 1.54) is 0 Å². The third-order valence-corrected chi connectivity index (χ3v) is 5.75. The topological polar surface area (TPSA) is 46.3 Å². The number of hydrogen-bond donors (Lipinski definition) is 0. The van der Waals surface area contributed by atoms with Crippen LogP contribution in [-0.4, -0.2) is 28.6 Å². The van der Waals surface area contributed by atoms with E-state index >= 15 is 0 Å². The molecule has 5 heteroatoms. The summed E-state index contributed by atoms with van der Waals surface area (Å²) >= 11 is 6.03. The summed E-state index contributed by atoms with van der Waals surface area (Å²) in [4.78, 5) is 15.0. The van der Waals surface area contributed by atoms with Crippen LogP contribution in [0.25, 0.3) is 11.3 Å². The van der Waals surface area contributed by atoms with E-state index < -0.39 is 0 Å². The van der Waals surface area contributed by atoms with Gasteiger partial charge in [0.2, 0.25) is 0 Å². The summed E-state index contributed by atoms with van der Waals surface area (Å²) in [6.07, 6.45) is 3.29. The highest BCUT2D eigenvalue weighted by Gasteiger charge is 2.51. The number of carbonyl (C=O) groups is 1. The minimum atomic E-state index is -0.0246. The molecule has 1 aromatic carbocycles. The molecule has 25 heavy (non-hydrogen) atoms. The second-order valence-electron chi connectivity index (χ2n) is 8.73. The molecule has 4 nitrogen and oxygen atoms in total. The van der Waals surface area contributed by atoms with Crippen molar-refractivity contribution in [3.63, 3.8) is 0 Å². The van der Waals surface area contributed by atoms with Crippen molar-refractivity contribution in [3.8, 4) is 11.3 Å². The quantitative estimate of drug-likeness (QED) is 0.755. The SMILES string of the molecule is CC1(C)CC2CC(C)(CN2C(=O)c2cc(-c3cccc(Cl)c3)on2)C1. The summed E-state index contributed by atoms with van der Waals surface area (Å²) in [7, 11) is 0. The number of rotatable bonds is 2. The molecule has 2 fully saturated rings. The predicted molar refractivity (Wildman–Crippen MR) is 97.5 cm³/mol. The Hall–Kier alpha value is -1.81. The van der Waals surface area contributed by atoms with Crippen LogP contribution in [0.3, 0.4) is 0 Å². The Kier molecular flexibility index (Phi) is 3.73. The first-order chi connectivity index (χ1) is 11.7. The second kappa shape index (κ2) is 5.60. The number of amides is 1.